The first-order chi connectivity index (χ1) is 13.5. The van der Waals surface area contributed by atoms with E-state index < -0.39 is 0 Å². The van der Waals surface area contributed by atoms with Gasteiger partial charge in [-0.15, -0.1) is 24.0 Å². The van der Waals surface area contributed by atoms with Crippen molar-refractivity contribution in [2.45, 2.75) is 51.2 Å². The predicted molar refractivity (Wildman–Crippen MR) is 128 cm³/mol. The molecule has 1 amide bonds. The number of hydrogen-bond donors (Lipinski definition) is 2. The Hall–Kier alpha value is -1.22. The van der Waals surface area contributed by atoms with Crippen molar-refractivity contribution >= 4 is 47.4 Å². The molecule has 2 N–H and O–H groups in total. The Morgan fingerprint density at radius 1 is 1.28 bits per heavy atom. The van der Waals surface area contributed by atoms with Crippen LogP contribution in [0, 0.1) is 5.92 Å². The van der Waals surface area contributed by atoms with E-state index in [1.807, 2.05) is 36.1 Å². The number of carbonyl (C=O) groups excluding carboxylic acids is 1. The van der Waals surface area contributed by atoms with E-state index in [4.69, 9.17) is 16.3 Å². The maximum atomic E-state index is 12.6. The monoisotopic (exact) mass is 534 g/mol. The predicted octanol–water partition coefficient (Wildman–Crippen LogP) is 3.68. The number of carbonyl (C=O) groups is 1. The molecule has 0 aromatic heterocycles. The topological polar surface area (TPSA) is 66.0 Å². The van der Waals surface area contributed by atoms with E-state index in [1.54, 1.807) is 7.05 Å². The molecule has 8 heteroatoms. The molecule has 1 aromatic carbocycles. The minimum atomic E-state index is -0.0243. The second kappa shape index (κ2) is 11.8. The standard InChI is InChI=1S/C21H31ClN4O2.HI/c1-15(28-19-9-7-17(22)8-10-19)13-24-21(23-2)25-18-11-12-26(14-18)20(27)16-5-3-4-6-16;/h7-10,15-16,18H,3-6,11-14H2,1-2H3,(H2,23,24,25);1H. The molecule has 1 aromatic rings. The number of amides is 1. The molecule has 6 nitrogen and oxygen atoms in total. The van der Waals surface area contributed by atoms with E-state index in [0.29, 0.717) is 17.5 Å². The highest BCUT2D eigenvalue weighted by atomic mass is 127. The van der Waals surface area contributed by atoms with E-state index in [1.165, 1.54) is 12.8 Å². The van der Waals surface area contributed by atoms with Gasteiger partial charge in [-0.05, 0) is 50.5 Å². The van der Waals surface area contributed by atoms with Gasteiger partial charge < -0.3 is 20.3 Å². The Bertz CT molecular complexity index is 680. The van der Waals surface area contributed by atoms with Gasteiger partial charge in [0.15, 0.2) is 5.96 Å². The number of benzene rings is 1. The number of halogens is 2. The van der Waals surface area contributed by atoms with Crippen LogP contribution in [0.15, 0.2) is 29.3 Å². The third-order valence-corrected chi connectivity index (χ3v) is 5.73. The Morgan fingerprint density at radius 2 is 1.97 bits per heavy atom. The zero-order chi connectivity index (χ0) is 19.9. The number of hydrogen-bond acceptors (Lipinski definition) is 3. The lowest BCUT2D eigenvalue weighted by molar-refractivity contribution is -0.134. The molecule has 0 spiro atoms. The first-order valence-electron chi connectivity index (χ1n) is 10.2. The Balaban J connectivity index is 0.00000300. The van der Waals surface area contributed by atoms with E-state index in [0.717, 1.165) is 44.1 Å². The Kier molecular flexibility index (Phi) is 9.82. The van der Waals surface area contributed by atoms with Crippen LogP contribution in [0.4, 0.5) is 0 Å². The number of likely N-dealkylation sites (tertiary alicyclic amines) is 1. The molecule has 1 aliphatic heterocycles. The summed E-state index contributed by atoms with van der Waals surface area (Å²) in [4.78, 5) is 18.9. The summed E-state index contributed by atoms with van der Waals surface area (Å²) in [5.74, 6) is 2.13. The third-order valence-electron chi connectivity index (χ3n) is 5.48. The summed E-state index contributed by atoms with van der Waals surface area (Å²) in [6, 6.07) is 7.59. The van der Waals surface area contributed by atoms with Gasteiger partial charge >= 0.3 is 0 Å². The van der Waals surface area contributed by atoms with Crippen LogP contribution in [-0.4, -0.2) is 55.6 Å². The smallest absolute Gasteiger partial charge is 0.225 e. The first-order valence-corrected chi connectivity index (χ1v) is 10.6. The van der Waals surface area contributed by atoms with Crippen molar-refractivity contribution in [2.24, 2.45) is 10.9 Å². The van der Waals surface area contributed by atoms with E-state index in [2.05, 4.69) is 15.6 Å². The van der Waals surface area contributed by atoms with Gasteiger partial charge in [-0.3, -0.25) is 9.79 Å². The zero-order valence-electron chi connectivity index (χ0n) is 17.2. The number of rotatable bonds is 6. The van der Waals surface area contributed by atoms with Gasteiger partial charge in [0.05, 0.1) is 6.54 Å². The average Bonchev–Trinajstić information content (AvgIpc) is 3.38. The molecule has 0 bridgehead atoms. The SMILES string of the molecule is CN=C(NCC(C)Oc1ccc(Cl)cc1)NC1CCN(C(=O)C2CCCC2)C1.I. The molecule has 2 fully saturated rings. The van der Waals surface area contributed by atoms with Crippen molar-refractivity contribution in [1.82, 2.24) is 15.5 Å². The maximum absolute atomic E-state index is 12.6. The third kappa shape index (κ3) is 7.20. The lowest BCUT2D eigenvalue weighted by Crippen LogP contribution is -2.47. The van der Waals surface area contributed by atoms with E-state index in [9.17, 15) is 4.79 Å². The van der Waals surface area contributed by atoms with Gasteiger partial charge in [0.1, 0.15) is 11.9 Å². The second-order valence-corrected chi connectivity index (χ2v) is 8.17. The summed E-state index contributed by atoms with van der Waals surface area (Å²) in [7, 11) is 1.76. The van der Waals surface area contributed by atoms with Crippen LogP contribution in [0.1, 0.15) is 39.0 Å². The minimum absolute atomic E-state index is 0. The van der Waals surface area contributed by atoms with Crippen LogP contribution in [0.5, 0.6) is 5.75 Å². The number of guanidine groups is 1. The molecule has 2 aliphatic rings. The lowest BCUT2D eigenvalue weighted by atomic mass is 10.1. The molecular formula is C21H32ClIN4O2. The van der Waals surface area contributed by atoms with Crippen LogP contribution < -0.4 is 15.4 Å². The van der Waals surface area contributed by atoms with Crippen LogP contribution in [0.25, 0.3) is 0 Å². The molecule has 0 radical (unpaired) electrons. The van der Waals surface area contributed by atoms with Crippen molar-refractivity contribution in [1.29, 1.82) is 0 Å². The molecule has 2 unspecified atom stereocenters. The zero-order valence-corrected chi connectivity index (χ0v) is 20.3. The second-order valence-electron chi connectivity index (χ2n) is 7.73. The van der Waals surface area contributed by atoms with Gasteiger partial charge in [0.2, 0.25) is 5.91 Å². The number of ether oxygens (including phenoxy) is 1. The van der Waals surface area contributed by atoms with Gasteiger partial charge in [-0.2, -0.15) is 0 Å². The van der Waals surface area contributed by atoms with E-state index in [-0.39, 0.29) is 42.0 Å². The molecule has 1 saturated heterocycles. The van der Waals surface area contributed by atoms with Crippen LogP contribution in [0.3, 0.4) is 0 Å². The molecule has 1 saturated carbocycles. The van der Waals surface area contributed by atoms with Crippen molar-refractivity contribution in [2.75, 3.05) is 26.7 Å². The fourth-order valence-electron chi connectivity index (χ4n) is 3.92. The Labute approximate surface area is 195 Å². The summed E-state index contributed by atoms with van der Waals surface area (Å²) in [6.07, 6.45) is 5.43. The first kappa shape index (κ1) is 24.1. The van der Waals surface area contributed by atoms with Gasteiger partial charge in [-0.25, -0.2) is 0 Å². The molecule has 1 aliphatic carbocycles. The minimum Gasteiger partial charge on any atom is -0.489 e. The highest BCUT2D eigenvalue weighted by molar-refractivity contribution is 14.0. The molecular weight excluding hydrogens is 503 g/mol. The summed E-state index contributed by atoms with van der Waals surface area (Å²) >= 11 is 5.90. The van der Waals surface area contributed by atoms with Crippen LogP contribution in [0.2, 0.25) is 5.02 Å². The molecule has 29 heavy (non-hydrogen) atoms. The maximum Gasteiger partial charge on any atom is 0.225 e. The van der Waals surface area contributed by atoms with Gasteiger partial charge in [0.25, 0.3) is 0 Å². The Morgan fingerprint density at radius 3 is 2.62 bits per heavy atom. The quantitative estimate of drug-likeness (QED) is 0.332. The molecule has 1 heterocycles. The van der Waals surface area contributed by atoms with Crippen molar-refractivity contribution in [3.8, 4) is 5.75 Å². The number of nitrogens with zero attached hydrogens (tertiary/aromatic N) is 2. The summed E-state index contributed by atoms with van der Waals surface area (Å²) in [5.41, 5.74) is 0. The van der Waals surface area contributed by atoms with Gasteiger partial charge in [-0.1, -0.05) is 24.4 Å². The molecule has 162 valence electrons. The number of nitrogens with one attached hydrogen (secondary N) is 2. The largest absolute Gasteiger partial charge is 0.489 e. The van der Waals surface area contributed by atoms with Crippen LogP contribution in [-0.2, 0) is 4.79 Å². The number of aliphatic imine (C=N–C) groups is 1. The summed E-state index contributed by atoms with van der Waals surface area (Å²) < 4.78 is 5.88. The molecule has 2 atom stereocenters. The van der Waals surface area contributed by atoms with E-state index >= 15 is 0 Å². The summed E-state index contributed by atoms with van der Waals surface area (Å²) in [6.45, 7) is 4.22. The van der Waals surface area contributed by atoms with Crippen molar-refractivity contribution < 1.29 is 9.53 Å². The van der Waals surface area contributed by atoms with Gasteiger partial charge in [0, 0.05) is 37.1 Å². The van der Waals surface area contributed by atoms with Crippen molar-refractivity contribution in [3.63, 3.8) is 0 Å². The van der Waals surface area contributed by atoms with Crippen molar-refractivity contribution in [3.05, 3.63) is 29.3 Å². The highest BCUT2D eigenvalue weighted by Gasteiger charge is 2.32. The lowest BCUT2D eigenvalue weighted by Gasteiger charge is -2.22. The summed E-state index contributed by atoms with van der Waals surface area (Å²) in [5, 5.41) is 7.45. The average molecular weight is 535 g/mol. The normalized spacial score (nSPS) is 20.9. The molecule has 3 rings (SSSR count). The fraction of sp³-hybridized carbons (Fsp3) is 0.619. The highest BCUT2D eigenvalue weighted by Crippen LogP contribution is 2.27. The van der Waals surface area contributed by atoms with Crippen LogP contribution >= 0.6 is 35.6 Å². The fourth-order valence-corrected chi connectivity index (χ4v) is 4.05.